The zero-order valence-electron chi connectivity index (χ0n) is 13.4. The molecule has 1 atom stereocenters. The van der Waals surface area contributed by atoms with E-state index in [1.54, 1.807) is 26.0 Å². The Hall–Kier alpha value is -2.09. The van der Waals surface area contributed by atoms with Crippen LogP contribution in [0.2, 0.25) is 0 Å². The SMILES string of the molecule is C/C=C\C(C)c1nc(C(F)(F)F)cn1-c1ccc(S(C)(=O)=O)cc1. The minimum atomic E-state index is -4.55. The number of hydrogen-bond donors (Lipinski definition) is 0. The highest BCUT2D eigenvalue weighted by atomic mass is 32.2. The summed E-state index contributed by atoms with van der Waals surface area (Å²) < 4.78 is 63.3. The highest BCUT2D eigenvalue weighted by Crippen LogP contribution is 2.31. The van der Waals surface area contributed by atoms with Crippen molar-refractivity contribution in [2.75, 3.05) is 6.26 Å². The van der Waals surface area contributed by atoms with E-state index in [-0.39, 0.29) is 16.6 Å². The number of alkyl halides is 3. The standard InChI is InChI=1S/C16H17F3N2O2S/c1-4-5-11(2)15-20-14(16(17,18)19)10-21(15)12-6-8-13(9-7-12)24(3,22)23/h4-11H,1-3H3/b5-4-. The number of halogens is 3. The van der Waals surface area contributed by atoms with E-state index in [9.17, 15) is 21.6 Å². The second-order valence-corrected chi connectivity index (χ2v) is 7.45. The summed E-state index contributed by atoms with van der Waals surface area (Å²) in [4.78, 5) is 3.82. The molecular weight excluding hydrogens is 341 g/mol. The highest BCUT2D eigenvalue weighted by molar-refractivity contribution is 7.90. The fourth-order valence-electron chi connectivity index (χ4n) is 2.29. The van der Waals surface area contributed by atoms with Crippen molar-refractivity contribution in [1.29, 1.82) is 0 Å². The lowest BCUT2D eigenvalue weighted by Gasteiger charge is -2.11. The smallest absolute Gasteiger partial charge is 0.303 e. The normalized spacial score (nSPS) is 14.2. The first kappa shape index (κ1) is 18.3. The topological polar surface area (TPSA) is 52.0 Å². The Kier molecular flexibility index (Phi) is 4.89. The van der Waals surface area contributed by atoms with Gasteiger partial charge in [-0.15, -0.1) is 0 Å². The maximum absolute atomic E-state index is 13.0. The third-order valence-corrected chi connectivity index (χ3v) is 4.58. The third-order valence-electron chi connectivity index (χ3n) is 3.46. The summed E-state index contributed by atoms with van der Waals surface area (Å²) in [5.74, 6) is -0.104. The van der Waals surface area contributed by atoms with Crippen molar-refractivity contribution in [2.45, 2.75) is 30.8 Å². The van der Waals surface area contributed by atoms with E-state index in [0.29, 0.717) is 5.69 Å². The summed E-state index contributed by atoms with van der Waals surface area (Å²) >= 11 is 0. The summed E-state index contributed by atoms with van der Waals surface area (Å²) in [6.45, 7) is 3.51. The largest absolute Gasteiger partial charge is 0.434 e. The van der Waals surface area contributed by atoms with Gasteiger partial charge in [0, 0.05) is 24.1 Å². The molecule has 1 aromatic carbocycles. The molecule has 4 nitrogen and oxygen atoms in total. The summed E-state index contributed by atoms with van der Waals surface area (Å²) in [7, 11) is -3.37. The number of imidazole rings is 1. The van der Waals surface area contributed by atoms with Gasteiger partial charge in [-0.3, -0.25) is 0 Å². The lowest BCUT2D eigenvalue weighted by atomic mass is 10.1. The monoisotopic (exact) mass is 358 g/mol. The van der Waals surface area contributed by atoms with Crippen LogP contribution in [0.4, 0.5) is 13.2 Å². The Morgan fingerprint density at radius 3 is 2.25 bits per heavy atom. The molecule has 0 saturated carbocycles. The second kappa shape index (κ2) is 6.43. The van der Waals surface area contributed by atoms with Gasteiger partial charge in [0.1, 0.15) is 5.82 Å². The Bertz CT molecular complexity index is 850. The van der Waals surface area contributed by atoms with Gasteiger partial charge in [-0.2, -0.15) is 13.2 Å². The van der Waals surface area contributed by atoms with Crippen molar-refractivity contribution in [3.63, 3.8) is 0 Å². The van der Waals surface area contributed by atoms with E-state index in [1.165, 1.54) is 28.8 Å². The molecule has 0 N–H and O–H groups in total. The number of nitrogens with zero attached hydrogens (tertiary/aromatic N) is 2. The van der Waals surface area contributed by atoms with Gasteiger partial charge in [0.2, 0.25) is 0 Å². The second-order valence-electron chi connectivity index (χ2n) is 5.43. The Balaban J connectivity index is 2.57. The third kappa shape index (κ3) is 3.87. The maximum Gasteiger partial charge on any atom is 0.434 e. The Labute approximate surface area is 138 Å². The molecule has 0 radical (unpaired) electrons. The number of rotatable bonds is 4. The molecule has 2 rings (SSSR count). The zero-order chi connectivity index (χ0) is 18.1. The van der Waals surface area contributed by atoms with Crippen LogP contribution >= 0.6 is 0 Å². The summed E-state index contributed by atoms with van der Waals surface area (Å²) in [6, 6.07) is 5.65. The number of hydrogen-bond acceptors (Lipinski definition) is 3. The summed E-state index contributed by atoms with van der Waals surface area (Å²) in [6.07, 6.45) is 0.918. The molecule has 1 unspecified atom stereocenters. The van der Waals surface area contributed by atoms with Gasteiger partial charge < -0.3 is 4.57 Å². The number of aromatic nitrogens is 2. The molecule has 0 fully saturated rings. The van der Waals surface area contributed by atoms with Crippen LogP contribution in [0.1, 0.15) is 31.3 Å². The first-order valence-electron chi connectivity index (χ1n) is 7.14. The zero-order valence-corrected chi connectivity index (χ0v) is 14.2. The van der Waals surface area contributed by atoms with Crippen LogP contribution in [-0.2, 0) is 16.0 Å². The molecule has 0 spiro atoms. The van der Waals surface area contributed by atoms with Crippen LogP contribution in [0.15, 0.2) is 47.5 Å². The molecular formula is C16H17F3N2O2S. The summed E-state index contributed by atoms with van der Waals surface area (Å²) in [5.41, 5.74) is -0.571. The molecule has 1 heterocycles. The molecule has 0 saturated heterocycles. The Morgan fingerprint density at radius 1 is 1.21 bits per heavy atom. The lowest BCUT2D eigenvalue weighted by Crippen LogP contribution is -2.05. The van der Waals surface area contributed by atoms with Gasteiger partial charge in [-0.1, -0.05) is 19.1 Å². The predicted molar refractivity (Wildman–Crippen MR) is 84.9 cm³/mol. The van der Waals surface area contributed by atoms with Crippen LogP contribution in [0, 0.1) is 0 Å². The van der Waals surface area contributed by atoms with E-state index in [4.69, 9.17) is 0 Å². The molecule has 130 valence electrons. The summed E-state index contributed by atoms with van der Waals surface area (Å²) in [5, 5.41) is 0. The van der Waals surface area contributed by atoms with E-state index in [1.807, 2.05) is 0 Å². The van der Waals surface area contributed by atoms with Gasteiger partial charge in [0.25, 0.3) is 0 Å². The molecule has 0 bridgehead atoms. The van der Waals surface area contributed by atoms with E-state index >= 15 is 0 Å². The fourth-order valence-corrected chi connectivity index (χ4v) is 2.92. The maximum atomic E-state index is 13.0. The molecule has 2 aromatic rings. The Morgan fingerprint density at radius 2 is 1.79 bits per heavy atom. The number of allylic oxidation sites excluding steroid dienone is 2. The van der Waals surface area contributed by atoms with Gasteiger partial charge in [-0.25, -0.2) is 13.4 Å². The molecule has 0 aliphatic carbocycles. The van der Waals surface area contributed by atoms with Gasteiger partial charge in [0.15, 0.2) is 15.5 Å². The van der Waals surface area contributed by atoms with Gasteiger partial charge in [-0.05, 0) is 31.2 Å². The van der Waals surface area contributed by atoms with Crippen LogP contribution in [-0.4, -0.2) is 24.2 Å². The minimum absolute atomic E-state index is 0.102. The average Bonchev–Trinajstić information content (AvgIpc) is 2.92. The van der Waals surface area contributed by atoms with Crippen LogP contribution in [0.5, 0.6) is 0 Å². The first-order valence-corrected chi connectivity index (χ1v) is 9.03. The van der Waals surface area contributed by atoms with Crippen LogP contribution < -0.4 is 0 Å². The van der Waals surface area contributed by atoms with Gasteiger partial charge >= 0.3 is 6.18 Å². The predicted octanol–water partition coefficient (Wildman–Crippen LogP) is 3.97. The molecule has 0 aliphatic heterocycles. The molecule has 0 amide bonds. The van der Waals surface area contributed by atoms with Crippen molar-refractivity contribution >= 4 is 9.84 Å². The van der Waals surface area contributed by atoms with Crippen molar-refractivity contribution in [2.24, 2.45) is 0 Å². The molecule has 0 aliphatic rings. The number of sulfone groups is 1. The van der Waals surface area contributed by atoms with Crippen molar-refractivity contribution in [1.82, 2.24) is 9.55 Å². The van der Waals surface area contributed by atoms with Crippen LogP contribution in [0.25, 0.3) is 5.69 Å². The fraction of sp³-hybridized carbons (Fsp3) is 0.312. The number of benzene rings is 1. The quantitative estimate of drug-likeness (QED) is 0.777. The first-order chi connectivity index (χ1) is 11.0. The highest BCUT2D eigenvalue weighted by Gasteiger charge is 2.35. The molecule has 24 heavy (non-hydrogen) atoms. The van der Waals surface area contributed by atoms with E-state index in [2.05, 4.69) is 4.98 Å². The van der Waals surface area contributed by atoms with E-state index in [0.717, 1.165) is 12.5 Å². The van der Waals surface area contributed by atoms with Crippen LogP contribution in [0.3, 0.4) is 0 Å². The average molecular weight is 358 g/mol. The molecule has 1 aromatic heterocycles. The van der Waals surface area contributed by atoms with Crippen molar-refractivity contribution in [3.8, 4) is 5.69 Å². The lowest BCUT2D eigenvalue weighted by molar-refractivity contribution is -0.141. The van der Waals surface area contributed by atoms with E-state index < -0.39 is 21.7 Å². The van der Waals surface area contributed by atoms with Crippen molar-refractivity contribution in [3.05, 3.63) is 54.1 Å². The molecule has 8 heteroatoms. The minimum Gasteiger partial charge on any atom is -0.303 e. The van der Waals surface area contributed by atoms with Gasteiger partial charge in [0.05, 0.1) is 4.90 Å². The van der Waals surface area contributed by atoms with Crippen molar-refractivity contribution < 1.29 is 21.6 Å².